The van der Waals surface area contributed by atoms with Crippen molar-refractivity contribution in [2.45, 2.75) is 12.5 Å². The Morgan fingerprint density at radius 3 is 2.68 bits per heavy atom. The van der Waals surface area contributed by atoms with E-state index in [2.05, 4.69) is 17.1 Å². The van der Waals surface area contributed by atoms with Crippen molar-refractivity contribution in [2.75, 3.05) is 19.6 Å². The summed E-state index contributed by atoms with van der Waals surface area (Å²) in [5.41, 5.74) is 10.5. The van der Waals surface area contributed by atoms with E-state index in [4.69, 9.17) is 10.5 Å². The molecule has 28 heavy (non-hydrogen) atoms. The fourth-order valence-electron chi connectivity index (χ4n) is 3.75. The summed E-state index contributed by atoms with van der Waals surface area (Å²) in [6, 6.07) is 17.7. The van der Waals surface area contributed by atoms with Crippen LogP contribution in [0.25, 0.3) is 0 Å². The molecule has 1 amide bonds. The van der Waals surface area contributed by atoms with E-state index in [1.807, 2.05) is 52.7 Å². The molecule has 144 valence electrons. The van der Waals surface area contributed by atoms with Gasteiger partial charge in [-0.05, 0) is 30.2 Å². The number of thiazole rings is 1. The van der Waals surface area contributed by atoms with Crippen LogP contribution in [0.5, 0.6) is 5.75 Å². The monoisotopic (exact) mass is 393 g/mol. The van der Waals surface area contributed by atoms with Crippen LogP contribution < -0.4 is 10.5 Å². The van der Waals surface area contributed by atoms with Crippen LogP contribution >= 0.6 is 11.3 Å². The predicted molar refractivity (Wildman–Crippen MR) is 111 cm³/mol. The summed E-state index contributed by atoms with van der Waals surface area (Å²) in [7, 11) is 0. The maximum absolute atomic E-state index is 13.3. The van der Waals surface area contributed by atoms with Gasteiger partial charge in [0.15, 0.2) is 0 Å². The van der Waals surface area contributed by atoms with Crippen LogP contribution in [0.15, 0.2) is 65.5 Å². The standard InChI is InChI=1S/C22H23N3O2S/c23-10-17-11-25(12-20(17)16-6-2-1-3-7-16)22(26)19-8-4-5-9-21(19)27-13-18-14-28-15-24-18/h1-9,14-15,17,20H,10-13,23H2/t17-,20+/m1/s1. The second-order valence-electron chi connectivity index (χ2n) is 6.99. The minimum absolute atomic E-state index is 0.00856. The van der Waals surface area contributed by atoms with Crippen molar-refractivity contribution in [3.63, 3.8) is 0 Å². The van der Waals surface area contributed by atoms with Gasteiger partial charge in [0.2, 0.25) is 0 Å². The van der Waals surface area contributed by atoms with Gasteiger partial charge in [0, 0.05) is 24.4 Å². The molecule has 0 bridgehead atoms. The highest BCUT2D eigenvalue weighted by atomic mass is 32.1. The van der Waals surface area contributed by atoms with Crippen molar-refractivity contribution in [3.8, 4) is 5.75 Å². The van der Waals surface area contributed by atoms with E-state index in [9.17, 15) is 4.79 Å². The summed E-state index contributed by atoms with van der Waals surface area (Å²) in [5.74, 6) is 1.10. The first-order chi connectivity index (χ1) is 13.8. The lowest BCUT2D eigenvalue weighted by Gasteiger charge is -2.19. The van der Waals surface area contributed by atoms with Crippen molar-refractivity contribution in [2.24, 2.45) is 11.7 Å². The lowest BCUT2D eigenvalue weighted by Crippen LogP contribution is -2.30. The molecule has 6 heteroatoms. The molecule has 2 heterocycles. The van der Waals surface area contributed by atoms with Crippen LogP contribution in [0.1, 0.15) is 27.5 Å². The lowest BCUT2D eigenvalue weighted by atomic mass is 9.89. The van der Waals surface area contributed by atoms with Crippen molar-refractivity contribution in [1.82, 2.24) is 9.88 Å². The molecule has 2 aromatic carbocycles. The summed E-state index contributed by atoms with van der Waals surface area (Å²) in [4.78, 5) is 19.4. The van der Waals surface area contributed by atoms with E-state index >= 15 is 0 Å². The fourth-order valence-corrected chi connectivity index (χ4v) is 4.30. The number of hydrogen-bond acceptors (Lipinski definition) is 5. The molecular weight excluding hydrogens is 370 g/mol. The van der Waals surface area contributed by atoms with Gasteiger partial charge < -0.3 is 15.4 Å². The molecule has 0 radical (unpaired) electrons. The third-order valence-electron chi connectivity index (χ3n) is 5.24. The first-order valence-electron chi connectivity index (χ1n) is 9.39. The van der Waals surface area contributed by atoms with Gasteiger partial charge in [-0.2, -0.15) is 0 Å². The van der Waals surface area contributed by atoms with E-state index in [0.29, 0.717) is 37.6 Å². The van der Waals surface area contributed by atoms with Crippen molar-refractivity contribution in [3.05, 3.63) is 82.3 Å². The van der Waals surface area contributed by atoms with Crippen LogP contribution in [0, 0.1) is 5.92 Å². The topological polar surface area (TPSA) is 68.5 Å². The van der Waals surface area contributed by atoms with Gasteiger partial charge in [-0.25, -0.2) is 4.98 Å². The van der Waals surface area contributed by atoms with Gasteiger partial charge >= 0.3 is 0 Å². The third-order valence-corrected chi connectivity index (χ3v) is 5.87. The SMILES string of the molecule is NC[C@@H]1CN(C(=O)c2ccccc2OCc2cscn2)C[C@H]1c1ccccc1. The van der Waals surface area contributed by atoms with Gasteiger partial charge in [0.25, 0.3) is 5.91 Å². The van der Waals surface area contributed by atoms with Gasteiger partial charge in [0.05, 0.1) is 16.8 Å². The Hall–Kier alpha value is -2.70. The Kier molecular flexibility index (Phi) is 5.69. The van der Waals surface area contributed by atoms with Crippen molar-refractivity contribution in [1.29, 1.82) is 0 Å². The molecule has 2 atom stereocenters. The maximum atomic E-state index is 13.3. The van der Waals surface area contributed by atoms with Crippen LogP contribution in [-0.4, -0.2) is 35.4 Å². The summed E-state index contributed by atoms with van der Waals surface area (Å²) >= 11 is 1.53. The number of carbonyl (C=O) groups excluding carboxylic acids is 1. The number of hydrogen-bond donors (Lipinski definition) is 1. The maximum Gasteiger partial charge on any atom is 0.257 e. The summed E-state index contributed by atoms with van der Waals surface area (Å²) in [6.07, 6.45) is 0. The molecule has 0 aliphatic carbocycles. The first kappa shape index (κ1) is 18.7. The zero-order valence-corrected chi connectivity index (χ0v) is 16.3. The Bertz CT molecular complexity index is 915. The highest BCUT2D eigenvalue weighted by Gasteiger charge is 2.36. The summed E-state index contributed by atoms with van der Waals surface area (Å²) < 4.78 is 5.90. The number of para-hydroxylation sites is 1. The zero-order valence-electron chi connectivity index (χ0n) is 15.5. The number of likely N-dealkylation sites (tertiary alicyclic amines) is 1. The van der Waals surface area contributed by atoms with E-state index < -0.39 is 0 Å². The number of rotatable bonds is 6. The number of amides is 1. The lowest BCUT2D eigenvalue weighted by molar-refractivity contribution is 0.0781. The smallest absolute Gasteiger partial charge is 0.257 e. The van der Waals surface area contributed by atoms with Crippen LogP contribution in [0.3, 0.4) is 0 Å². The van der Waals surface area contributed by atoms with Crippen LogP contribution in [-0.2, 0) is 6.61 Å². The number of nitrogens with zero attached hydrogens (tertiary/aromatic N) is 2. The van der Waals surface area contributed by atoms with Gasteiger partial charge in [-0.1, -0.05) is 42.5 Å². The molecule has 3 aromatic rings. The minimum atomic E-state index is -0.00856. The van der Waals surface area contributed by atoms with E-state index in [1.165, 1.54) is 16.9 Å². The van der Waals surface area contributed by atoms with E-state index in [0.717, 1.165) is 5.69 Å². The Morgan fingerprint density at radius 2 is 1.93 bits per heavy atom. The Balaban J connectivity index is 1.51. The number of carbonyl (C=O) groups is 1. The normalized spacial score (nSPS) is 19.0. The Labute approximate surface area is 168 Å². The molecule has 0 saturated carbocycles. The molecule has 4 rings (SSSR count). The van der Waals surface area contributed by atoms with Gasteiger partial charge in [-0.15, -0.1) is 11.3 Å². The highest BCUT2D eigenvalue weighted by Crippen LogP contribution is 2.34. The first-order valence-corrected chi connectivity index (χ1v) is 10.3. The highest BCUT2D eigenvalue weighted by molar-refractivity contribution is 7.07. The van der Waals surface area contributed by atoms with Crippen molar-refractivity contribution < 1.29 is 9.53 Å². The Morgan fingerprint density at radius 1 is 1.14 bits per heavy atom. The second kappa shape index (κ2) is 8.54. The largest absolute Gasteiger partial charge is 0.486 e. The third kappa shape index (κ3) is 3.93. The number of benzene rings is 2. The quantitative estimate of drug-likeness (QED) is 0.696. The molecule has 5 nitrogen and oxygen atoms in total. The number of aromatic nitrogens is 1. The molecular formula is C22H23N3O2S. The van der Waals surface area contributed by atoms with Gasteiger partial charge in [0.1, 0.15) is 12.4 Å². The van der Waals surface area contributed by atoms with E-state index in [-0.39, 0.29) is 17.7 Å². The summed E-state index contributed by atoms with van der Waals surface area (Å²) in [6.45, 7) is 2.25. The average Bonchev–Trinajstić information content (AvgIpc) is 3.42. The molecule has 2 N–H and O–H groups in total. The molecule has 1 aromatic heterocycles. The predicted octanol–water partition coefficient (Wildman–Crippen LogP) is 3.54. The molecule has 1 aliphatic heterocycles. The molecule has 0 unspecified atom stereocenters. The molecule has 1 fully saturated rings. The summed E-state index contributed by atoms with van der Waals surface area (Å²) in [5, 5.41) is 1.95. The average molecular weight is 394 g/mol. The molecule has 0 spiro atoms. The zero-order chi connectivity index (χ0) is 19.3. The van der Waals surface area contributed by atoms with Gasteiger partial charge in [-0.3, -0.25) is 4.79 Å². The number of ether oxygens (including phenoxy) is 1. The van der Waals surface area contributed by atoms with Crippen LogP contribution in [0.4, 0.5) is 0 Å². The minimum Gasteiger partial charge on any atom is -0.486 e. The fraction of sp³-hybridized carbons (Fsp3) is 0.273. The second-order valence-corrected chi connectivity index (χ2v) is 7.71. The van der Waals surface area contributed by atoms with E-state index in [1.54, 1.807) is 5.51 Å². The molecule has 1 saturated heterocycles. The van der Waals surface area contributed by atoms with Crippen molar-refractivity contribution >= 4 is 17.2 Å². The number of nitrogens with two attached hydrogens (primary N) is 1. The van der Waals surface area contributed by atoms with Crippen LogP contribution in [0.2, 0.25) is 0 Å². The molecule has 1 aliphatic rings.